The number of rotatable bonds is 7. The molecule has 1 fully saturated rings. The Labute approximate surface area is 202 Å². The van der Waals surface area contributed by atoms with Crippen molar-refractivity contribution in [3.63, 3.8) is 0 Å². The number of benzene rings is 1. The lowest BCUT2D eigenvalue weighted by Crippen LogP contribution is -2.44. The van der Waals surface area contributed by atoms with Gasteiger partial charge in [-0.3, -0.25) is 0 Å². The van der Waals surface area contributed by atoms with E-state index in [0.29, 0.717) is 0 Å². The highest BCUT2D eigenvalue weighted by Gasteiger charge is 2.16. The Kier molecular flexibility index (Phi) is 6.98. The first-order valence-corrected chi connectivity index (χ1v) is 11.6. The third-order valence-electron chi connectivity index (χ3n) is 6.50. The molecular formula is C28H34N6. The topological polar surface area (TPSA) is 47.5 Å². The normalized spacial score (nSPS) is 15.1. The molecule has 34 heavy (non-hydrogen) atoms. The molecule has 0 amide bonds. The lowest BCUT2D eigenvalue weighted by molar-refractivity contribution is 0.312. The average Bonchev–Trinajstić information content (AvgIpc) is 2.84. The average molecular weight is 455 g/mol. The summed E-state index contributed by atoms with van der Waals surface area (Å²) in [6.45, 7) is 14.5. The Balaban J connectivity index is 1.56. The van der Waals surface area contributed by atoms with Gasteiger partial charge in [0.15, 0.2) is 0 Å². The first-order valence-electron chi connectivity index (χ1n) is 11.6. The van der Waals surface area contributed by atoms with Crippen molar-refractivity contribution in [3.05, 3.63) is 84.8 Å². The molecule has 0 unspecified atom stereocenters. The zero-order chi connectivity index (χ0) is 24.2. The number of allylic oxidation sites excluding steroid dienone is 3. The van der Waals surface area contributed by atoms with E-state index < -0.39 is 0 Å². The number of aromatic nitrogens is 2. The maximum Gasteiger partial charge on any atom is 0.130 e. The number of nitrogens with one attached hydrogen (secondary N) is 1. The van der Waals surface area contributed by atoms with Gasteiger partial charge < -0.3 is 20.0 Å². The molecule has 4 rings (SSSR count). The Morgan fingerprint density at radius 3 is 2.47 bits per heavy atom. The summed E-state index contributed by atoms with van der Waals surface area (Å²) in [4.78, 5) is 16.0. The second kappa shape index (κ2) is 10.1. The van der Waals surface area contributed by atoms with Crippen molar-refractivity contribution in [3.8, 4) is 0 Å². The minimum absolute atomic E-state index is 0.765. The molecule has 0 atom stereocenters. The molecule has 0 bridgehead atoms. The summed E-state index contributed by atoms with van der Waals surface area (Å²) in [6, 6.07) is 12.6. The zero-order valence-electron chi connectivity index (χ0n) is 20.7. The summed E-state index contributed by atoms with van der Waals surface area (Å²) in [5, 5.41) is 5.59. The van der Waals surface area contributed by atoms with Crippen molar-refractivity contribution in [2.24, 2.45) is 0 Å². The fourth-order valence-electron chi connectivity index (χ4n) is 4.13. The van der Waals surface area contributed by atoms with Crippen LogP contribution in [0.5, 0.6) is 0 Å². The molecule has 1 saturated heterocycles. The maximum absolute atomic E-state index is 4.61. The highest BCUT2D eigenvalue weighted by atomic mass is 15.3. The standard InChI is InChI=1S/C28H34N6/c1-7-26(21(3)32(4)5)23-8-9-24-19-30-27(17-25(24)16-23)31-20(2)22-10-11-29-28(18-22)34-14-12-33(6)13-15-34/h7-11,16-19H,1-2,12-15H2,3-6H3,(H,30,31)/b26-21+. The van der Waals surface area contributed by atoms with Crippen LogP contribution in [0.4, 0.5) is 11.6 Å². The van der Waals surface area contributed by atoms with E-state index >= 15 is 0 Å². The number of pyridine rings is 2. The van der Waals surface area contributed by atoms with Crippen LogP contribution in [-0.2, 0) is 0 Å². The number of anilines is 2. The van der Waals surface area contributed by atoms with Crippen LogP contribution >= 0.6 is 0 Å². The number of hydrogen-bond donors (Lipinski definition) is 1. The van der Waals surface area contributed by atoms with Gasteiger partial charge in [-0.05, 0) is 54.8 Å². The number of hydrogen-bond acceptors (Lipinski definition) is 6. The predicted molar refractivity (Wildman–Crippen MR) is 145 cm³/mol. The van der Waals surface area contributed by atoms with Crippen LogP contribution in [0.25, 0.3) is 22.0 Å². The van der Waals surface area contributed by atoms with Gasteiger partial charge in [0.1, 0.15) is 11.6 Å². The predicted octanol–water partition coefficient (Wildman–Crippen LogP) is 4.94. The fourth-order valence-corrected chi connectivity index (χ4v) is 4.13. The van der Waals surface area contributed by atoms with Crippen molar-refractivity contribution in [2.75, 3.05) is 57.5 Å². The van der Waals surface area contributed by atoms with Crippen molar-refractivity contribution in [1.82, 2.24) is 19.8 Å². The Hall–Kier alpha value is -3.64. The van der Waals surface area contributed by atoms with Gasteiger partial charge in [-0.1, -0.05) is 31.4 Å². The molecular weight excluding hydrogens is 420 g/mol. The molecule has 1 aliphatic heterocycles. The summed E-state index contributed by atoms with van der Waals surface area (Å²) in [6.07, 6.45) is 5.67. The summed E-state index contributed by atoms with van der Waals surface area (Å²) in [5.74, 6) is 1.76. The van der Waals surface area contributed by atoms with E-state index in [1.807, 2.05) is 38.6 Å². The van der Waals surface area contributed by atoms with Gasteiger partial charge in [-0.2, -0.15) is 0 Å². The van der Waals surface area contributed by atoms with E-state index in [1.54, 1.807) is 0 Å². The van der Waals surface area contributed by atoms with Crippen LogP contribution in [-0.4, -0.2) is 67.1 Å². The smallest absolute Gasteiger partial charge is 0.130 e. The van der Waals surface area contributed by atoms with Crippen LogP contribution in [0.1, 0.15) is 18.1 Å². The van der Waals surface area contributed by atoms with Crippen LogP contribution < -0.4 is 10.2 Å². The van der Waals surface area contributed by atoms with Crippen LogP contribution in [0, 0.1) is 0 Å². The number of piperazine rings is 1. The SMILES string of the molecule is C=C/C(=C(/C)N(C)C)c1ccc2cnc(NC(=C)c3ccnc(N4CCN(C)CC4)c3)cc2c1. The molecule has 6 heteroatoms. The number of nitrogens with zero attached hydrogens (tertiary/aromatic N) is 5. The second-order valence-electron chi connectivity index (χ2n) is 9.03. The van der Waals surface area contributed by atoms with E-state index in [-0.39, 0.29) is 0 Å². The molecule has 176 valence electrons. The van der Waals surface area contributed by atoms with E-state index in [4.69, 9.17) is 0 Å². The number of likely N-dealkylation sites (N-methyl/N-ethyl adjacent to an activating group) is 1. The maximum atomic E-state index is 4.61. The third kappa shape index (κ3) is 5.13. The van der Waals surface area contributed by atoms with Gasteiger partial charge in [0, 0.05) is 75.0 Å². The minimum atomic E-state index is 0.765. The quantitative estimate of drug-likeness (QED) is 0.510. The summed E-state index contributed by atoms with van der Waals surface area (Å²) >= 11 is 0. The molecule has 0 aliphatic carbocycles. The summed E-state index contributed by atoms with van der Waals surface area (Å²) in [7, 11) is 6.25. The Morgan fingerprint density at radius 2 is 1.76 bits per heavy atom. The molecule has 0 saturated carbocycles. The van der Waals surface area contributed by atoms with Crippen molar-refractivity contribution >= 4 is 33.7 Å². The van der Waals surface area contributed by atoms with Gasteiger partial charge in [-0.15, -0.1) is 0 Å². The molecule has 1 N–H and O–H groups in total. The largest absolute Gasteiger partial charge is 0.381 e. The highest BCUT2D eigenvalue weighted by molar-refractivity contribution is 5.90. The summed E-state index contributed by atoms with van der Waals surface area (Å²) < 4.78 is 0. The molecule has 2 aromatic heterocycles. The first kappa shape index (κ1) is 23.5. The molecule has 0 radical (unpaired) electrons. The van der Waals surface area contributed by atoms with E-state index in [2.05, 4.69) is 87.4 Å². The monoisotopic (exact) mass is 454 g/mol. The summed E-state index contributed by atoms with van der Waals surface area (Å²) in [5.41, 5.74) is 5.24. The lowest BCUT2D eigenvalue weighted by atomic mass is 10.0. The van der Waals surface area contributed by atoms with Crippen molar-refractivity contribution < 1.29 is 0 Å². The minimum Gasteiger partial charge on any atom is -0.381 e. The molecule has 3 aromatic rings. The molecule has 6 nitrogen and oxygen atoms in total. The molecule has 1 aliphatic rings. The fraction of sp³-hybridized carbons (Fsp3) is 0.286. The molecule has 0 spiro atoms. The van der Waals surface area contributed by atoms with Gasteiger partial charge in [0.05, 0.1) is 0 Å². The molecule has 3 heterocycles. The third-order valence-corrected chi connectivity index (χ3v) is 6.50. The van der Waals surface area contributed by atoms with Crippen LogP contribution in [0.15, 0.2) is 73.7 Å². The Morgan fingerprint density at radius 1 is 1.00 bits per heavy atom. The first-order chi connectivity index (χ1) is 16.4. The zero-order valence-corrected chi connectivity index (χ0v) is 20.7. The molecule has 1 aromatic carbocycles. The van der Waals surface area contributed by atoms with E-state index in [1.165, 1.54) is 5.70 Å². The lowest BCUT2D eigenvalue weighted by Gasteiger charge is -2.33. The van der Waals surface area contributed by atoms with Crippen LogP contribution in [0.2, 0.25) is 0 Å². The van der Waals surface area contributed by atoms with Crippen molar-refractivity contribution in [2.45, 2.75) is 6.92 Å². The Bertz CT molecular complexity index is 1230. The highest BCUT2D eigenvalue weighted by Crippen LogP contribution is 2.27. The van der Waals surface area contributed by atoms with Gasteiger partial charge in [0.2, 0.25) is 0 Å². The second-order valence-corrected chi connectivity index (χ2v) is 9.03. The van der Waals surface area contributed by atoms with E-state index in [0.717, 1.165) is 71.0 Å². The van der Waals surface area contributed by atoms with Crippen molar-refractivity contribution in [1.29, 1.82) is 0 Å². The van der Waals surface area contributed by atoms with E-state index in [9.17, 15) is 0 Å². The van der Waals surface area contributed by atoms with Gasteiger partial charge in [0.25, 0.3) is 0 Å². The van der Waals surface area contributed by atoms with Gasteiger partial charge >= 0.3 is 0 Å². The van der Waals surface area contributed by atoms with Gasteiger partial charge in [-0.25, -0.2) is 9.97 Å². The van der Waals surface area contributed by atoms with Crippen LogP contribution in [0.3, 0.4) is 0 Å². The number of fused-ring (bicyclic) bond motifs is 1.